The first-order valence-corrected chi connectivity index (χ1v) is 5.52. The highest BCUT2D eigenvalue weighted by atomic mass is 16.1. The summed E-state index contributed by atoms with van der Waals surface area (Å²) in [6.07, 6.45) is 5.84. The Hall–Kier alpha value is -1.16. The summed E-state index contributed by atoms with van der Waals surface area (Å²) in [4.78, 5) is 11.9. The van der Waals surface area contributed by atoms with E-state index >= 15 is 0 Å². The van der Waals surface area contributed by atoms with E-state index in [1.807, 2.05) is 7.05 Å². The van der Waals surface area contributed by atoms with Crippen LogP contribution in [0.5, 0.6) is 0 Å². The van der Waals surface area contributed by atoms with Crippen LogP contribution in [0, 0.1) is 0 Å². The van der Waals surface area contributed by atoms with Gasteiger partial charge in [-0.1, -0.05) is 6.42 Å². The molecule has 4 nitrogen and oxygen atoms in total. The van der Waals surface area contributed by atoms with Crippen LogP contribution in [0.2, 0.25) is 0 Å². The van der Waals surface area contributed by atoms with Gasteiger partial charge in [0.1, 0.15) is 5.69 Å². The number of carbonyl (C=O) groups excluding carboxylic acids is 1. The third kappa shape index (κ3) is 2.45. The minimum Gasteiger partial charge on any atom is -0.314 e. The van der Waals surface area contributed by atoms with E-state index in [4.69, 9.17) is 0 Å². The quantitative estimate of drug-likeness (QED) is 0.756. The molecule has 82 valence electrons. The minimum absolute atomic E-state index is 0.189. The van der Waals surface area contributed by atoms with Crippen LogP contribution in [0.15, 0.2) is 12.3 Å². The molecule has 1 atom stereocenters. The molecule has 0 radical (unpaired) electrons. The number of aryl methyl sites for hydroxylation is 1. The third-order valence-electron chi connectivity index (χ3n) is 2.95. The number of rotatable bonds is 3. The molecule has 1 aromatic rings. The highest BCUT2D eigenvalue weighted by Crippen LogP contribution is 2.13. The van der Waals surface area contributed by atoms with Gasteiger partial charge >= 0.3 is 0 Å². The average Bonchev–Trinajstić information content (AvgIpc) is 2.66. The summed E-state index contributed by atoms with van der Waals surface area (Å²) < 4.78 is 1.64. The highest BCUT2D eigenvalue weighted by Gasteiger charge is 2.18. The van der Waals surface area contributed by atoms with Gasteiger partial charge in [-0.3, -0.25) is 9.48 Å². The van der Waals surface area contributed by atoms with Crippen LogP contribution in [0.1, 0.15) is 36.2 Å². The predicted octanol–water partition coefficient (Wildman–Crippen LogP) is 1.13. The summed E-state index contributed by atoms with van der Waals surface area (Å²) in [6, 6.07) is 2.15. The molecule has 0 spiro atoms. The number of hydrogen-bond donors (Lipinski definition) is 1. The molecule has 0 amide bonds. The molecule has 1 fully saturated rings. The Bertz CT molecular complexity index is 339. The molecule has 1 aliphatic heterocycles. The van der Waals surface area contributed by atoms with E-state index in [1.165, 1.54) is 12.8 Å². The molecule has 1 N–H and O–H groups in total. The maximum absolute atomic E-state index is 11.9. The van der Waals surface area contributed by atoms with E-state index in [0.717, 1.165) is 13.0 Å². The zero-order chi connectivity index (χ0) is 10.7. The van der Waals surface area contributed by atoms with Gasteiger partial charge in [0.05, 0.1) is 0 Å². The Morgan fingerprint density at radius 3 is 3.13 bits per heavy atom. The van der Waals surface area contributed by atoms with Crippen molar-refractivity contribution in [2.24, 2.45) is 7.05 Å². The Balaban J connectivity index is 1.94. The van der Waals surface area contributed by atoms with E-state index < -0.39 is 0 Å². The molecule has 0 aliphatic carbocycles. The SMILES string of the molecule is Cn1nccc1C(=O)CC1CCCCN1. The largest absolute Gasteiger partial charge is 0.314 e. The van der Waals surface area contributed by atoms with E-state index in [1.54, 1.807) is 16.9 Å². The smallest absolute Gasteiger partial charge is 0.182 e. The van der Waals surface area contributed by atoms with Crippen molar-refractivity contribution in [1.82, 2.24) is 15.1 Å². The van der Waals surface area contributed by atoms with Crippen LogP contribution in [0.4, 0.5) is 0 Å². The van der Waals surface area contributed by atoms with Crippen LogP contribution in [-0.4, -0.2) is 28.2 Å². The van der Waals surface area contributed by atoms with Gasteiger partial charge in [0, 0.05) is 25.7 Å². The maximum Gasteiger partial charge on any atom is 0.182 e. The van der Waals surface area contributed by atoms with Gasteiger partial charge in [-0.05, 0) is 25.5 Å². The Morgan fingerprint density at radius 2 is 2.53 bits per heavy atom. The molecule has 2 heterocycles. The van der Waals surface area contributed by atoms with Crippen molar-refractivity contribution in [2.75, 3.05) is 6.54 Å². The van der Waals surface area contributed by atoms with Crippen molar-refractivity contribution in [3.8, 4) is 0 Å². The maximum atomic E-state index is 11.9. The lowest BCUT2D eigenvalue weighted by Crippen LogP contribution is -2.35. The fraction of sp³-hybridized carbons (Fsp3) is 0.636. The molecule has 4 heteroatoms. The van der Waals surface area contributed by atoms with Crippen molar-refractivity contribution < 1.29 is 4.79 Å². The van der Waals surface area contributed by atoms with Gasteiger partial charge in [-0.25, -0.2) is 0 Å². The predicted molar refractivity (Wildman–Crippen MR) is 57.8 cm³/mol. The lowest BCUT2D eigenvalue weighted by molar-refractivity contribution is 0.0954. The molecule has 0 saturated carbocycles. The van der Waals surface area contributed by atoms with Crippen molar-refractivity contribution in [3.63, 3.8) is 0 Å². The number of nitrogens with zero attached hydrogens (tertiary/aromatic N) is 2. The number of piperidine rings is 1. The number of Topliss-reactive ketones (excluding diaryl/α,β-unsaturated/α-hetero) is 1. The standard InChI is InChI=1S/C11H17N3O/c1-14-10(5-7-13-14)11(15)8-9-4-2-3-6-12-9/h5,7,9,12H,2-4,6,8H2,1H3. The van der Waals surface area contributed by atoms with Crippen LogP contribution in [0.3, 0.4) is 0 Å². The summed E-state index contributed by atoms with van der Waals surface area (Å²) in [7, 11) is 1.81. The first-order chi connectivity index (χ1) is 7.27. The van der Waals surface area contributed by atoms with Crippen molar-refractivity contribution >= 4 is 5.78 Å². The van der Waals surface area contributed by atoms with Crippen molar-refractivity contribution in [1.29, 1.82) is 0 Å². The molecular formula is C11H17N3O. The minimum atomic E-state index is 0.189. The summed E-state index contributed by atoms with van der Waals surface area (Å²) in [5.41, 5.74) is 0.711. The van der Waals surface area contributed by atoms with Gasteiger partial charge in [-0.15, -0.1) is 0 Å². The third-order valence-corrected chi connectivity index (χ3v) is 2.95. The molecule has 1 aliphatic rings. The zero-order valence-electron chi connectivity index (χ0n) is 9.07. The molecule has 1 saturated heterocycles. The number of ketones is 1. The van der Waals surface area contributed by atoms with Gasteiger partial charge in [0.2, 0.25) is 0 Å². The average molecular weight is 207 g/mol. The molecule has 2 rings (SSSR count). The first-order valence-electron chi connectivity index (χ1n) is 5.52. The second-order valence-electron chi connectivity index (χ2n) is 4.11. The summed E-state index contributed by atoms with van der Waals surface area (Å²) >= 11 is 0. The topological polar surface area (TPSA) is 46.9 Å². The van der Waals surface area contributed by atoms with Gasteiger partial charge in [0.15, 0.2) is 5.78 Å². The summed E-state index contributed by atoms with van der Waals surface area (Å²) in [5.74, 6) is 0.189. The number of aromatic nitrogens is 2. The highest BCUT2D eigenvalue weighted by molar-refractivity contribution is 5.94. The van der Waals surface area contributed by atoms with Crippen LogP contribution < -0.4 is 5.32 Å². The van der Waals surface area contributed by atoms with E-state index in [0.29, 0.717) is 18.2 Å². The Morgan fingerprint density at radius 1 is 1.67 bits per heavy atom. The van der Waals surface area contributed by atoms with E-state index in [2.05, 4.69) is 10.4 Å². The zero-order valence-corrected chi connectivity index (χ0v) is 9.07. The molecule has 0 aromatic carbocycles. The lowest BCUT2D eigenvalue weighted by Gasteiger charge is -2.22. The molecule has 1 unspecified atom stereocenters. The van der Waals surface area contributed by atoms with E-state index in [9.17, 15) is 4.79 Å². The van der Waals surface area contributed by atoms with Crippen molar-refractivity contribution in [3.05, 3.63) is 18.0 Å². The number of hydrogen-bond acceptors (Lipinski definition) is 3. The molecule has 0 bridgehead atoms. The fourth-order valence-electron chi connectivity index (χ4n) is 2.07. The fourth-order valence-corrected chi connectivity index (χ4v) is 2.07. The van der Waals surface area contributed by atoms with Gasteiger partial charge < -0.3 is 5.32 Å². The normalized spacial score (nSPS) is 21.5. The van der Waals surface area contributed by atoms with Crippen LogP contribution >= 0.6 is 0 Å². The first kappa shape index (κ1) is 10.4. The van der Waals surface area contributed by atoms with Gasteiger partial charge in [0.25, 0.3) is 0 Å². The second kappa shape index (κ2) is 4.57. The Labute approximate surface area is 89.7 Å². The second-order valence-corrected chi connectivity index (χ2v) is 4.11. The lowest BCUT2D eigenvalue weighted by atomic mass is 9.99. The van der Waals surface area contributed by atoms with E-state index in [-0.39, 0.29) is 5.78 Å². The Kier molecular flexibility index (Phi) is 3.16. The monoisotopic (exact) mass is 207 g/mol. The number of nitrogens with one attached hydrogen (secondary N) is 1. The van der Waals surface area contributed by atoms with Crippen LogP contribution in [0.25, 0.3) is 0 Å². The summed E-state index contributed by atoms with van der Waals surface area (Å²) in [6.45, 7) is 1.04. The van der Waals surface area contributed by atoms with Gasteiger partial charge in [-0.2, -0.15) is 5.10 Å². The molecule has 15 heavy (non-hydrogen) atoms. The van der Waals surface area contributed by atoms with Crippen molar-refractivity contribution in [2.45, 2.75) is 31.7 Å². The van der Waals surface area contributed by atoms with Crippen LogP contribution in [-0.2, 0) is 7.05 Å². The number of carbonyl (C=O) groups is 1. The summed E-state index contributed by atoms with van der Waals surface area (Å²) in [5, 5.41) is 7.39. The molecule has 1 aromatic heterocycles. The molecular weight excluding hydrogens is 190 g/mol.